The van der Waals surface area contributed by atoms with Gasteiger partial charge in [0.1, 0.15) is 18.1 Å². The summed E-state index contributed by atoms with van der Waals surface area (Å²) in [6.07, 6.45) is 0.881. The van der Waals surface area contributed by atoms with Crippen LogP contribution in [0.25, 0.3) is 0 Å². The predicted octanol–water partition coefficient (Wildman–Crippen LogP) is 2.74. The van der Waals surface area contributed by atoms with Crippen LogP contribution in [0.4, 0.5) is 0 Å². The van der Waals surface area contributed by atoms with Crippen LogP contribution in [0.3, 0.4) is 0 Å². The number of carbonyl (C=O) groups is 2. The minimum atomic E-state index is -0.226. The van der Waals surface area contributed by atoms with Crippen LogP contribution in [-0.2, 0) is 6.61 Å². The smallest absolute Gasteiger partial charge is 0.286 e. The third kappa shape index (κ3) is 6.08. The van der Waals surface area contributed by atoms with Crippen molar-refractivity contribution in [1.29, 1.82) is 0 Å². The van der Waals surface area contributed by atoms with Gasteiger partial charge in [0.15, 0.2) is 11.5 Å². The Hall–Kier alpha value is -2.60. The molecule has 134 valence electrons. The van der Waals surface area contributed by atoms with E-state index in [1.807, 2.05) is 14.1 Å². The fraction of sp³-hybridized carbons (Fsp3) is 0.368. The lowest BCUT2D eigenvalue weighted by Gasteiger charge is -2.09. The first kappa shape index (κ1) is 18.7. The number of hydrogen-bond acceptors (Lipinski definition) is 5. The molecule has 6 nitrogen and oxygen atoms in total. The van der Waals surface area contributed by atoms with Crippen molar-refractivity contribution >= 4 is 11.7 Å². The summed E-state index contributed by atoms with van der Waals surface area (Å²) < 4.78 is 11.1. The number of hydrogen-bond donors (Lipinski definition) is 1. The van der Waals surface area contributed by atoms with Crippen LogP contribution < -0.4 is 10.1 Å². The molecule has 0 aliphatic rings. The third-order valence-electron chi connectivity index (χ3n) is 3.60. The highest BCUT2D eigenvalue weighted by molar-refractivity contribution is 5.94. The monoisotopic (exact) mass is 344 g/mol. The fourth-order valence-corrected chi connectivity index (χ4v) is 2.20. The van der Waals surface area contributed by atoms with Gasteiger partial charge in [-0.05, 0) is 70.4 Å². The van der Waals surface area contributed by atoms with Gasteiger partial charge in [-0.2, -0.15) is 0 Å². The topological polar surface area (TPSA) is 71.8 Å². The van der Waals surface area contributed by atoms with Gasteiger partial charge in [0, 0.05) is 12.1 Å². The highest BCUT2D eigenvalue weighted by Gasteiger charge is 2.11. The van der Waals surface area contributed by atoms with E-state index in [0.717, 1.165) is 13.0 Å². The minimum Gasteiger partial charge on any atom is -0.486 e. The molecule has 0 atom stereocenters. The summed E-state index contributed by atoms with van der Waals surface area (Å²) in [4.78, 5) is 25.3. The van der Waals surface area contributed by atoms with Gasteiger partial charge in [0.2, 0.25) is 0 Å². The van der Waals surface area contributed by atoms with Gasteiger partial charge in [-0.25, -0.2) is 0 Å². The Balaban J connectivity index is 1.80. The lowest BCUT2D eigenvalue weighted by molar-refractivity contribution is 0.0920. The maximum Gasteiger partial charge on any atom is 0.286 e. The number of ketones is 1. The normalized spacial score (nSPS) is 10.7. The summed E-state index contributed by atoms with van der Waals surface area (Å²) in [6, 6.07) is 10.3. The molecule has 0 aliphatic carbocycles. The SMILES string of the molecule is CC(=O)c1ccc(OCc2ccc(C(=O)NCCCN(C)C)o2)cc1. The Morgan fingerprint density at radius 1 is 1.12 bits per heavy atom. The quantitative estimate of drug-likeness (QED) is 0.559. The van der Waals surface area contributed by atoms with E-state index < -0.39 is 0 Å². The van der Waals surface area contributed by atoms with Crippen LogP contribution in [-0.4, -0.2) is 43.8 Å². The van der Waals surface area contributed by atoms with Crippen molar-refractivity contribution in [2.75, 3.05) is 27.2 Å². The second kappa shape index (κ2) is 9.03. The zero-order valence-electron chi connectivity index (χ0n) is 14.9. The van der Waals surface area contributed by atoms with Gasteiger partial charge in [-0.1, -0.05) is 0 Å². The fourth-order valence-electron chi connectivity index (χ4n) is 2.20. The van der Waals surface area contributed by atoms with E-state index in [1.54, 1.807) is 36.4 Å². The van der Waals surface area contributed by atoms with E-state index in [0.29, 0.717) is 23.6 Å². The lowest BCUT2D eigenvalue weighted by Crippen LogP contribution is -2.26. The summed E-state index contributed by atoms with van der Waals surface area (Å²) >= 11 is 0. The van der Waals surface area contributed by atoms with Gasteiger partial charge in [0.05, 0.1) is 0 Å². The van der Waals surface area contributed by atoms with Crippen molar-refractivity contribution in [3.8, 4) is 5.75 Å². The number of nitrogens with one attached hydrogen (secondary N) is 1. The molecule has 0 bridgehead atoms. The number of ether oxygens (including phenoxy) is 1. The molecule has 0 unspecified atom stereocenters. The van der Waals surface area contributed by atoms with Crippen LogP contribution >= 0.6 is 0 Å². The maximum atomic E-state index is 12.0. The molecule has 6 heteroatoms. The van der Waals surface area contributed by atoms with Crippen molar-refractivity contribution in [2.24, 2.45) is 0 Å². The highest BCUT2D eigenvalue weighted by Crippen LogP contribution is 2.16. The van der Waals surface area contributed by atoms with E-state index in [9.17, 15) is 9.59 Å². The molecule has 1 N–H and O–H groups in total. The first-order valence-corrected chi connectivity index (χ1v) is 8.21. The Kier molecular flexibility index (Phi) is 6.77. The predicted molar refractivity (Wildman–Crippen MR) is 95.0 cm³/mol. The minimum absolute atomic E-state index is 0.0128. The van der Waals surface area contributed by atoms with Gasteiger partial charge >= 0.3 is 0 Å². The summed E-state index contributed by atoms with van der Waals surface area (Å²) in [5.74, 6) is 1.26. The first-order chi connectivity index (χ1) is 12.0. The molecular formula is C19H24N2O4. The van der Waals surface area contributed by atoms with Crippen LogP contribution in [0.5, 0.6) is 5.75 Å². The van der Waals surface area contributed by atoms with Crippen LogP contribution in [0.1, 0.15) is 40.0 Å². The molecule has 1 amide bonds. The van der Waals surface area contributed by atoms with E-state index >= 15 is 0 Å². The Labute approximate surface area is 147 Å². The number of Topliss-reactive ketones (excluding diaryl/α,β-unsaturated/α-hetero) is 1. The summed E-state index contributed by atoms with van der Waals surface area (Å²) in [6.45, 7) is 3.26. The second-order valence-corrected chi connectivity index (χ2v) is 6.05. The molecule has 0 saturated heterocycles. The second-order valence-electron chi connectivity index (χ2n) is 6.05. The van der Waals surface area contributed by atoms with Crippen molar-refractivity contribution in [2.45, 2.75) is 20.0 Å². The van der Waals surface area contributed by atoms with Gasteiger partial charge in [-0.15, -0.1) is 0 Å². The van der Waals surface area contributed by atoms with Crippen LogP contribution in [0.15, 0.2) is 40.8 Å². The van der Waals surface area contributed by atoms with Crippen molar-refractivity contribution in [1.82, 2.24) is 10.2 Å². The molecule has 0 aliphatic heterocycles. The summed E-state index contributed by atoms with van der Waals surface area (Å²) in [5.41, 5.74) is 0.638. The zero-order chi connectivity index (χ0) is 18.2. The zero-order valence-corrected chi connectivity index (χ0v) is 14.9. The van der Waals surface area contributed by atoms with E-state index in [2.05, 4.69) is 10.2 Å². The number of nitrogens with zero attached hydrogens (tertiary/aromatic N) is 1. The Morgan fingerprint density at radius 3 is 2.48 bits per heavy atom. The molecule has 0 spiro atoms. The lowest BCUT2D eigenvalue weighted by atomic mass is 10.1. The molecule has 1 heterocycles. The van der Waals surface area contributed by atoms with E-state index in [4.69, 9.17) is 9.15 Å². The van der Waals surface area contributed by atoms with Gasteiger partial charge in [-0.3, -0.25) is 9.59 Å². The number of amides is 1. The molecule has 25 heavy (non-hydrogen) atoms. The standard InChI is InChI=1S/C19H24N2O4/c1-14(22)15-5-7-16(8-6-15)24-13-17-9-10-18(25-17)19(23)20-11-4-12-21(2)3/h5-10H,4,11-13H2,1-3H3,(H,20,23). The molecule has 2 aromatic rings. The average Bonchev–Trinajstić information content (AvgIpc) is 3.06. The third-order valence-corrected chi connectivity index (χ3v) is 3.60. The number of carbonyl (C=O) groups excluding carboxylic acids is 2. The average molecular weight is 344 g/mol. The number of benzene rings is 1. The highest BCUT2D eigenvalue weighted by atomic mass is 16.5. The number of furan rings is 1. The van der Waals surface area contributed by atoms with Crippen molar-refractivity contribution in [3.05, 3.63) is 53.5 Å². The Morgan fingerprint density at radius 2 is 1.84 bits per heavy atom. The van der Waals surface area contributed by atoms with Crippen LogP contribution in [0, 0.1) is 0 Å². The molecule has 0 fully saturated rings. The van der Waals surface area contributed by atoms with Crippen LogP contribution in [0.2, 0.25) is 0 Å². The molecule has 1 aromatic carbocycles. The summed E-state index contributed by atoms with van der Waals surface area (Å²) in [7, 11) is 3.99. The molecule has 0 radical (unpaired) electrons. The number of rotatable bonds is 9. The molecule has 0 saturated carbocycles. The van der Waals surface area contributed by atoms with E-state index in [-0.39, 0.29) is 24.1 Å². The van der Waals surface area contributed by atoms with Crippen molar-refractivity contribution in [3.63, 3.8) is 0 Å². The van der Waals surface area contributed by atoms with Gasteiger partial charge < -0.3 is 19.4 Å². The molecule has 1 aromatic heterocycles. The largest absolute Gasteiger partial charge is 0.486 e. The Bertz CT molecular complexity index is 704. The van der Waals surface area contributed by atoms with Crippen molar-refractivity contribution < 1.29 is 18.7 Å². The maximum absolute atomic E-state index is 12.0. The first-order valence-electron chi connectivity index (χ1n) is 8.21. The van der Waals surface area contributed by atoms with Gasteiger partial charge in [0.25, 0.3) is 5.91 Å². The summed E-state index contributed by atoms with van der Waals surface area (Å²) in [5, 5.41) is 2.83. The van der Waals surface area contributed by atoms with E-state index in [1.165, 1.54) is 6.92 Å². The molecule has 2 rings (SSSR count). The molecular weight excluding hydrogens is 320 g/mol.